The summed E-state index contributed by atoms with van der Waals surface area (Å²) >= 11 is 0. The maximum atomic E-state index is 11.5. The third-order valence-electron chi connectivity index (χ3n) is 2.35. The van der Waals surface area contributed by atoms with Crippen LogP contribution < -0.4 is 10.6 Å². The van der Waals surface area contributed by atoms with Gasteiger partial charge in [-0.3, -0.25) is 14.9 Å². The minimum atomic E-state index is -1.23. The number of carboxylic acid groups (broad SMARTS) is 1. The van der Waals surface area contributed by atoms with Crippen LogP contribution in [0.1, 0.15) is 26.0 Å². The van der Waals surface area contributed by atoms with Gasteiger partial charge in [0.2, 0.25) is 5.91 Å². The SMILES string of the molecule is CC(C)(CC(=O)NC(=O)NCc1ccno1)C(=O)O. The Morgan fingerprint density at radius 3 is 2.63 bits per heavy atom. The van der Waals surface area contributed by atoms with E-state index < -0.39 is 23.3 Å². The number of urea groups is 1. The van der Waals surface area contributed by atoms with Gasteiger partial charge < -0.3 is 14.9 Å². The topological polar surface area (TPSA) is 122 Å². The first kappa shape index (κ1) is 14.7. The van der Waals surface area contributed by atoms with E-state index in [0.717, 1.165) is 0 Å². The van der Waals surface area contributed by atoms with Crippen molar-refractivity contribution < 1.29 is 24.0 Å². The first-order chi connectivity index (χ1) is 8.81. The average molecular weight is 269 g/mol. The third kappa shape index (κ3) is 4.78. The number of nitrogens with zero attached hydrogens (tertiary/aromatic N) is 1. The molecule has 0 aliphatic heterocycles. The Hall–Kier alpha value is -2.38. The lowest BCUT2D eigenvalue weighted by molar-refractivity contribution is -0.149. The molecule has 1 rings (SSSR count). The molecule has 0 aromatic carbocycles. The number of aliphatic carboxylic acids is 1. The van der Waals surface area contributed by atoms with Crippen molar-refractivity contribution in [3.05, 3.63) is 18.0 Å². The molecule has 8 nitrogen and oxygen atoms in total. The normalized spacial score (nSPS) is 10.8. The number of hydrogen-bond donors (Lipinski definition) is 3. The van der Waals surface area contributed by atoms with Crippen molar-refractivity contribution in [2.45, 2.75) is 26.8 Å². The molecular formula is C11H15N3O5. The van der Waals surface area contributed by atoms with Crippen LogP contribution >= 0.6 is 0 Å². The van der Waals surface area contributed by atoms with E-state index in [-0.39, 0.29) is 13.0 Å². The number of carbonyl (C=O) groups excluding carboxylic acids is 2. The summed E-state index contributed by atoms with van der Waals surface area (Å²) in [6.45, 7) is 2.89. The Morgan fingerprint density at radius 1 is 1.42 bits per heavy atom. The van der Waals surface area contributed by atoms with Crippen LogP contribution in [0.25, 0.3) is 0 Å². The van der Waals surface area contributed by atoms with Crippen molar-refractivity contribution in [2.24, 2.45) is 5.41 Å². The van der Waals surface area contributed by atoms with Gasteiger partial charge >= 0.3 is 12.0 Å². The van der Waals surface area contributed by atoms with Crippen molar-refractivity contribution in [3.8, 4) is 0 Å². The highest BCUT2D eigenvalue weighted by Gasteiger charge is 2.30. The summed E-state index contributed by atoms with van der Waals surface area (Å²) in [4.78, 5) is 33.6. The second-order valence-electron chi connectivity index (χ2n) is 4.58. The molecule has 0 spiro atoms. The second kappa shape index (κ2) is 5.98. The Kier molecular flexibility index (Phi) is 4.62. The Bertz CT molecular complexity index is 467. The lowest BCUT2D eigenvalue weighted by Crippen LogP contribution is -2.41. The molecule has 0 radical (unpaired) electrons. The van der Waals surface area contributed by atoms with Gasteiger partial charge in [-0.05, 0) is 13.8 Å². The predicted molar refractivity (Wildman–Crippen MR) is 62.9 cm³/mol. The molecule has 0 saturated heterocycles. The smallest absolute Gasteiger partial charge is 0.321 e. The number of rotatable bonds is 5. The van der Waals surface area contributed by atoms with Gasteiger partial charge in [0.05, 0.1) is 18.2 Å². The summed E-state index contributed by atoms with van der Waals surface area (Å²) in [6.07, 6.45) is 1.13. The molecule has 0 aliphatic carbocycles. The summed E-state index contributed by atoms with van der Waals surface area (Å²) in [6, 6.07) is 0.845. The summed E-state index contributed by atoms with van der Waals surface area (Å²) < 4.78 is 4.75. The number of imide groups is 1. The highest BCUT2D eigenvalue weighted by molar-refractivity contribution is 5.96. The number of carboxylic acids is 1. The van der Waals surface area contributed by atoms with E-state index in [1.165, 1.54) is 20.0 Å². The first-order valence-corrected chi connectivity index (χ1v) is 5.52. The number of nitrogens with one attached hydrogen (secondary N) is 2. The highest BCUT2D eigenvalue weighted by atomic mass is 16.5. The van der Waals surface area contributed by atoms with E-state index in [2.05, 4.69) is 10.5 Å². The second-order valence-corrected chi connectivity index (χ2v) is 4.58. The predicted octanol–water partition coefficient (Wildman–Crippen LogP) is 0.501. The Labute approximate surface area is 109 Å². The minimum Gasteiger partial charge on any atom is -0.481 e. The minimum absolute atomic E-state index is 0.0848. The highest BCUT2D eigenvalue weighted by Crippen LogP contribution is 2.19. The molecule has 0 atom stereocenters. The number of aromatic nitrogens is 1. The van der Waals surface area contributed by atoms with Gasteiger partial charge in [-0.2, -0.15) is 0 Å². The van der Waals surface area contributed by atoms with Gasteiger partial charge in [-0.1, -0.05) is 5.16 Å². The molecule has 3 amide bonds. The number of carbonyl (C=O) groups is 3. The van der Waals surface area contributed by atoms with E-state index in [1.807, 2.05) is 5.32 Å². The van der Waals surface area contributed by atoms with Gasteiger partial charge in [0.25, 0.3) is 0 Å². The summed E-state index contributed by atoms with van der Waals surface area (Å²) in [5.74, 6) is -1.33. The summed E-state index contributed by atoms with van der Waals surface area (Å²) in [5.41, 5.74) is -1.23. The van der Waals surface area contributed by atoms with E-state index in [0.29, 0.717) is 5.76 Å². The van der Waals surface area contributed by atoms with Crippen molar-refractivity contribution >= 4 is 17.9 Å². The van der Waals surface area contributed by atoms with Gasteiger partial charge in [0.1, 0.15) is 0 Å². The van der Waals surface area contributed by atoms with E-state index in [1.54, 1.807) is 6.07 Å². The molecule has 1 aromatic heterocycles. The van der Waals surface area contributed by atoms with Crippen molar-refractivity contribution in [1.82, 2.24) is 15.8 Å². The van der Waals surface area contributed by atoms with Crippen LogP contribution in [-0.4, -0.2) is 28.2 Å². The first-order valence-electron chi connectivity index (χ1n) is 5.52. The standard InChI is InChI=1S/C11H15N3O5/c1-11(2,9(16)17)5-8(15)14-10(18)12-6-7-3-4-13-19-7/h3-4H,5-6H2,1-2H3,(H,16,17)(H2,12,14,15,18). The van der Waals surface area contributed by atoms with Crippen molar-refractivity contribution in [1.29, 1.82) is 0 Å². The van der Waals surface area contributed by atoms with Crippen molar-refractivity contribution in [3.63, 3.8) is 0 Å². The molecule has 8 heteroatoms. The molecule has 104 valence electrons. The zero-order valence-corrected chi connectivity index (χ0v) is 10.6. The van der Waals surface area contributed by atoms with Crippen LogP contribution in [0.15, 0.2) is 16.8 Å². The summed E-state index contributed by atoms with van der Waals surface area (Å²) in [7, 11) is 0. The zero-order valence-electron chi connectivity index (χ0n) is 10.6. The van der Waals surface area contributed by atoms with Gasteiger partial charge in [-0.25, -0.2) is 4.79 Å². The molecule has 0 bridgehead atoms. The molecule has 19 heavy (non-hydrogen) atoms. The van der Waals surface area contributed by atoms with Gasteiger partial charge in [-0.15, -0.1) is 0 Å². The van der Waals surface area contributed by atoms with Crippen LogP contribution in [0.3, 0.4) is 0 Å². The molecule has 0 unspecified atom stereocenters. The maximum absolute atomic E-state index is 11.5. The molecular weight excluding hydrogens is 254 g/mol. The molecule has 0 aliphatic rings. The fourth-order valence-corrected chi connectivity index (χ4v) is 1.19. The molecule has 3 N–H and O–H groups in total. The van der Waals surface area contributed by atoms with Crippen LogP contribution in [-0.2, 0) is 16.1 Å². The molecule has 1 heterocycles. The van der Waals surface area contributed by atoms with Gasteiger partial charge in [0.15, 0.2) is 5.76 Å². The lowest BCUT2D eigenvalue weighted by atomic mass is 9.89. The fourth-order valence-electron chi connectivity index (χ4n) is 1.19. The van der Waals surface area contributed by atoms with Gasteiger partial charge in [0, 0.05) is 12.5 Å². The summed E-state index contributed by atoms with van der Waals surface area (Å²) in [5, 5.41) is 16.7. The van der Waals surface area contributed by atoms with E-state index >= 15 is 0 Å². The monoisotopic (exact) mass is 269 g/mol. The lowest BCUT2D eigenvalue weighted by Gasteiger charge is -2.17. The third-order valence-corrected chi connectivity index (χ3v) is 2.35. The van der Waals surface area contributed by atoms with E-state index in [4.69, 9.17) is 9.63 Å². The zero-order chi connectivity index (χ0) is 14.5. The maximum Gasteiger partial charge on any atom is 0.321 e. The van der Waals surface area contributed by atoms with Crippen molar-refractivity contribution in [2.75, 3.05) is 0 Å². The fraction of sp³-hybridized carbons (Fsp3) is 0.455. The molecule has 0 saturated carbocycles. The van der Waals surface area contributed by atoms with E-state index in [9.17, 15) is 14.4 Å². The number of hydrogen-bond acceptors (Lipinski definition) is 5. The van der Waals surface area contributed by atoms with Crippen LogP contribution in [0.2, 0.25) is 0 Å². The van der Waals surface area contributed by atoms with Crippen LogP contribution in [0, 0.1) is 5.41 Å². The van der Waals surface area contributed by atoms with Crippen LogP contribution in [0.5, 0.6) is 0 Å². The average Bonchev–Trinajstić information content (AvgIpc) is 2.77. The molecule has 0 fully saturated rings. The Balaban J connectivity index is 2.36. The quantitative estimate of drug-likeness (QED) is 0.715. The largest absolute Gasteiger partial charge is 0.481 e. The Morgan fingerprint density at radius 2 is 2.11 bits per heavy atom. The number of amides is 3. The molecule has 1 aromatic rings. The van der Waals surface area contributed by atoms with Crippen LogP contribution in [0.4, 0.5) is 4.79 Å².